The van der Waals surface area contributed by atoms with Gasteiger partial charge < -0.3 is 10.1 Å². The van der Waals surface area contributed by atoms with Crippen LogP contribution in [0, 0.1) is 0 Å². The monoisotopic (exact) mass is 291 g/mol. The molecule has 0 radical (unpaired) electrons. The van der Waals surface area contributed by atoms with E-state index in [4.69, 9.17) is 4.74 Å². The average molecular weight is 291 g/mol. The second-order valence-corrected chi connectivity index (χ2v) is 4.93. The molecular formula is C17H25NO3. The Hall–Kier alpha value is -1.68. The van der Waals surface area contributed by atoms with Gasteiger partial charge in [0.05, 0.1) is 19.1 Å². The van der Waals surface area contributed by atoms with Crippen molar-refractivity contribution in [3.8, 4) is 0 Å². The van der Waals surface area contributed by atoms with Gasteiger partial charge in [0.25, 0.3) is 0 Å². The molecule has 1 rings (SSSR count). The van der Waals surface area contributed by atoms with Crippen molar-refractivity contribution in [1.82, 2.24) is 5.32 Å². The summed E-state index contributed by atoms with van der Waals surface area (Å²) in [6, 6.07) is 7.10. The first kappa shape index (κ1) is 17.4. The van der Waals surface area contributed by atoms with Crippen molar-refractivity contribution in [1.29, 1.82) is 0 Å². The maximum absolute atomic E-state index is 12.5. The van der Waals surface area contributed by atoms with Gasteiger partial charge in [0.1, 0.15) is 0 Å². The predicted octanol–water partition coefficient (Wildman–Crippen LogP) is 2.75. The molecule has 0 bridgehead atoms. The van der Waals surface area contributed by atoms with Crippen LogP contribution in [-0.2, 0) is 16.0 Å². The molecule has 4 heteroatoms. The number of aryl methyl sites for hydroxylation is 1. The molecule has 0 heterocycles. The summed E-state index contributed by atoms with van der Waals surface area (Å²) < 4.78 is 4.92. The Labute approximate surface area is 126 Å². The SMILES string of the molecule is CCCc1ccc(C(=O)C(CC(=O)OCC)NCC)cc1. The van der Waals surface area contributed by atoms with Crippen molar-refractivity contribution in [2.75, 3.05) is 13.2 Å². The third kappa shape index (κ3) is 5.68. The fraction of sp³-hybridized carbons (Fsp3) is 0.529. The first-order valence-corrected chi connectivity index (χ1v) is 7.64. The Morgan fingerprint density at radius 2 is 1.81 bits per heavy atom. The number of benzene rings is 1. The van der Waals surface area contributed by atoms with Crippen molar-refractivity contribution in [2.45, 2.75) is 46.1 Å². The predicted molar refractivity (Wildman–Crippen MR) is 83.5 cm³/mol. The molecule has 0 amide bonds. The van der Waals surface area contributed by atoms with E-state index < -0.39 is 6.04 Å². The summed E-state index contributed by atoms with van der Waals surface area (Å²) >= 11 is 0. The molecule has 0 aliphatic carbocycles. The highest BCUT2D eigenvalue weighted by atomic mass is 16.5. The van der Waals surface area contributed by atoms with Gasteiger partial charge in [-0.2, -0.15) is 0 Å². The normalized spacial score (nSPS) is 12.0. The van der Waals surface area contributed by atoms with Gasteiger partial charge in [-0.3, -0.25) is 9.59 Å². The number of hydrogen-bond acceptors (Lipinski definition) is 4. The highest BCUT2D eigenvalue weighted by molar-refractivity contribution is 6.01. The molecular weight excluding hydrogens is 266 g/mol. The molecule has 1 atom stereocenters. The zero-order valence-corrected chi connectivity index (χ0v) is 13.1. The second kappa shape index (κ2) is 9.29. The maximum atomic E-state index is 12.5. The summed E-state index contributed by atoms with van der Waals surface area (Å²) in [7, 11) is 0. The van der Waals surface area contributed by atoms with Crippen LogP contribution in [0.25, 0.3) is 0 Å². The van der Waals surface area contributed by atoms with Crippen molar-refractivity contribution < 1.29 is 14.3 Å². The minimum absolute atomic E-state index is 0.0621. The summed E-state index contributed by atoms with van der Waals surface area (Å²) in [6.07, 6.45) is 2.15. The smallest absolute Gasteiger partial charge is 0.307 e. The molecule has 0 saturated heterocycles. The zero-order valence-electron chi connectivity index (χ0n) is 13.1. The average Bonchev–Trinajstić information content (AvgIpc) is 2.47. The van der Waals surface area contributed by atoms with Crippen molar-refractivity contribution in [2.24, 2.45) is 0 Å². The van der Waals surface area contributed by atoms with E-state index in [-0.39, 0.29) is 18.2 Å². The lowest BCUT2D eigenvalue weighted by Crippen LogP contribution is -2.39. The molecule has 4 nitrogen and oxygen atoms in total. The van der Waals surface area contributed by atoms with Crippen LogP contribution < -0.4 is 5.32 Å². The van der Waals surface area contributed by atoms with E-state index in [0.29, 0.717) is 18.7 Å². The summed E-state index contributed by atoms with van der Waals surface area (Å²) in [5.74, 6) is -0.410. The van der Waals surface area contributed by atoms with Crippen LogP contribution in [-0.4, -0.2) is 30.9 Å². The van der Waals surface area contributed by atoms with Gasteiger partial charge in [0.15, 0.2) is 5.78 Å². The molecule has 116 valence electrons. The molecule has 0 aliphatic heterocycles. The van der Waals surface area contributed by atoms with E-state index in [2.05, 4.69) is 12.2 Å². The van der Waals surface area contributed by atoms with Gasteiger partial charge in [-0.15, -0.1) is 0 Å². The molecule has 0 spiro atoms. The largest absolute Gasteiger partial charge is 0.466 e. The molecule has 0 aromatic heterocycles. The highest BCUT2D eigenvalue weighted by Gasteiger charge is 2.22. The number of ether oxygens (including phenoxy) is 1. The Morgan fingerprint density at radius 1 is 1.14 bits per heavy atom. The van der Waals surface area contributed by atoms with E-state index >= 15 is 0 Å². The van der Waals surface area contributed by atoms with Gasteiger partial charge in [0, 0.05) is 5.56 Å². The number of likely N-dealkylation sites (N-methyl/N-ethyl adjacent to an activating group) is 1. The molecule has 1 N–H and O–H groups in total. The van der Waals surface area contributed by atoms with Crippen LogP contribution >= 0.6 is 0 Å². The number of nitrogens with one attached hydrogen (secondary N) is 1. The van der Waals surface area contributed by atoms with Gasteiger partial charge in [-0.1, -0.05) is 44.5 Å². The third-order valence-electron chi connectivity index (χ3n) is 3.22. The van der Waals surface area contributed by atoms with Gasteiger partial charge in [0.2, 0.25) is 0 Å². The Kier molecular flexibility index (Phi) is 7.69. The summed E-state index contributed by atoms with van der Waals surface area (Å²) in [5.41, 5.74) is 1.85. The summed E-state index contributed by atoms with van der Waals surface area (Å²) in [5, 5.41) is 3.06. The molecule has 1 unspecified atom stereocenters. The van der Waals surface area contributed by atoms with Crippen LogP contribution in [0.5, 0.6) is 0 Å². The third-order valence-corrected chi connectivity index (χ3v) is 3.22. The van der Waals surface area contributed by atoms with Crippen molar-refractivity contribution in [3.05, 3.63) is 35.4 Å². The van der Waals surface area contributed by atoms with Crippen LogP contribution in [0.3, 0.4) is 0 Å². The lowest BCUT2D eigenvalue weighted by atomic mass is 9.99. The summed E-state index contributed by atoms with van der Waals surface area (Å²) in [4.78, 5) is 24.1. The fourth-order valence-corrected chi connectivity index (χ4v) is 2.22. The van der Waals surface area contributed by atoms with Crippen molar-refractivity contribution in [3.63, 3.8) is 0 Å². The first-order valence-electron chi connectivity index (χ1n) is 7.64. The minimum atomic E-state index is -0.522. The van der Waals surface area contributed by atoms with E-state index in [0.717, 1.165) is 12.8 Å². The van der Waals surface area contributed by atoms with Gasteiger partial charge in [-0.05, 0) is 25.5 Å². The van der Waals surface area contributed by atoms with Gasteiger partial charge >= 0.3 is 5.97 Å². The quantitative estimate of drug-likeness (QED) is 0.561. The van der Waals surface area contributed by atoms with E-state index in [9.17, 15) is 9.59 Å². The number of carbonyl (C=O) groups excluding carboxylic acids is 2. The number of hydrogen-bond donors (Lipinski definition) is 1. The first-order chi connectivity index (χ1) is 10.1. The van der Waals surface area contributed by atoms with Crippen LogP contribution in [0.4, 0.5) is 0 Å². The number of carbonyl (C=O) groups is 2. The van der Waals surface area contributed by atoms with Gasteiger partial charge in [-0.25, -0.2) is 0 Å². The number of rotatable bonds is 9. The molecule has 21 heavy (non-hydrogen) atoms. The van der Waals surface area contributed by atoms with Crippen LogP contribution in [0.1, 0.15) is 49.5 Å². The van der Waals surface area contributed by atoms with E-state index in [1.807, 2.05) is 31.2 Å². The Bertz CT molecular complexity index is 454. The molecule has 0 aliphatic rings. The topological polar surface area (TPSA) is 55.4 Å². The van der Waals surface area contributed by atoms with Crippen LogP contribution in [0.2, 0.25) is 0 Å². The Balaban J connectivity index is 2.77. The lowest BCUT2D eigenvalue weighted by Gasteiger charge is -2.16. The number of ketones is 1. The van der Waals surface area contributed by atoms with Crippen molar-refractivity contribution >= 4 is 11.8 Å². The standard InChI is InChI=1S/C17H25NO3/c1-4-7-13-8-10-14(11-9-13)17(20)15(18-5-2)12-16(19)21-6-3/h8-11,15,18H,4-7,12H2,1-3H3. The fourth-order valence-electron chi connectivity index (χ4n) is 2.22. The number of Topliss-reactive ketones (excluding diaryl/α,β-unsaturated/α-hetero) is 1. The van der Waals surface area contributed by atoms with E-state index in [1.165, 1.54) is 5.56 Å². The zero-order chi connectivity index (χ0) is 15.7. The minimum Gasteiger partial charge on any atom is -0.466 e. The second-order valence-electron chi connectivity index (χ2n) is 4.93. The summed E-state index contributed by atoms with van der Waals surface area (Å²) in [6.45, 7) is 6.76. The molecule has 0 fully saturated rings. The molecule has 1 aromatic carbocycles. The Morgan fingerprint density at radius 3 is 2.33 bits per heavy atom. The van der Waals surface area contributed by atoms with Crippen LogP contribution in [0.15, 0.2) is 24.3 Å². The molecule has 0 saturated carbocycles. The van der Waals surface area contributed by atoms with E-state index in [1.54, 1.807) is 6.92 Å². The molecule has 1 aromatic rings. The maximum Gasteiger partial charge on any atom is 0.307 e. The number of esters is 1. The highest BCUT2D eigenvalue weighted by Crippen LogP contribution is 2.11. The lowest BCUT2D eigenvalue weighted by molar-refractivity contribution is -0.143.